The molecule has 0 unspecified atom stereocenters. The number of benzene rings is 1. The van der Waals surface area contributed by atoms with Crippen LogP contribution in [0, 0.1) is 13.8 Å². The van der Waals surface area contributed by atoms with Gasteiger partial charge in [-0.3, -0.25) is 0 Å². The number of anilines is 1. The first-order chi connectivity index (χ1) is 9.04. The van der Waals surface area contributed by atoms with Gasteiger partial charge in [0, 0.05) is 19.8 Å². The maximum atomic E-state index is 4.28. The van der Waals surface area contributed by atoms with Crippen molar-refractivity contribution in [1.29, 1.82) is 0 Å². The number of rotatable bonds is 3. The molecule has 2 rings (SSSR count). The van der Waals surface area contributed by atoms with E-state index < -0.39 is 0 Å². The van der Waals surface area contributed by atoms with Gasteiger partial charge in [0.25, 0.3) is 0 Å². The van der Waals surface area contributed by atoms with Gasteiger partial charge in [0.1, 0.15) is 11.6 Å². The third-order valence-corrected chi connectivity index (χ3v) is 2.71. The van der Waals surface area contributed by atoms with Crippen molar-refractivity contribution in [1.82, 2.24) is 15.0 Å². The lowest BCUT2D eigenvalue weighted by Crippen LogP contribution is -2.07. The molecule has 4 nitrogen and oxygen atoms in total. The number of hydrogen-bond acceptors (Lipinski definition) is 4. The van der Waals surface area contributed by atoms with Crippen LogP contribution in [0.25, 0.3) is 12.2 Å². The van der Waals surface area contributed by atoms with Crippen LogP contribution in [0.3, 0.4) is 0 Å². The molecule has 0 saturated carbocycles. The van der Waals surface area contributed by atoms with Crippen LogP contribution < -0.4 is 4.90 Å². The van der Waals surface area contributed by atoms with Crippen molar-refractivity contribution in [3.8, 4) is 0 Å². The maximum Gasteiger partial charge on any atom is 0.156 e. The molecule has 0 aliphatic carbocycles. The lowest BCUT2D eigenvalue weighted by Gasteiger charge is -2.11. The first kappa shape index (κ1) is 13.2. The molecule has 98 valence electrons. The van der Waals surface area contributed by atoms with Crippen molar-refractivity contribution in [2.24, 2.45) is 0 Å². The van der Waals surface area contributed by atoms with E-state index in [9.17, 15) is 0 Å². The van der Waals surface area contributed by atoms with Crippen molar-refractivity contribution < 1.29 is 0 Å². The third-order valence-electron chi connectivity index (χ3n) is 2.71. The Hall–Kier alpha value is -2.23. The van der Waals surface area contributed by atoms with Gasteiger partial charge in [-0.1, -0.05) is 18.2 Å². The lowest BCUT2D eigenvalue weighted by atomic mass is 10.2. The molecular weight excluding hydrogens is 236 g/mol. The number of nitrogens with zero attached hydrogens (tertiary/aromatic N) is 4. The molecule has 1 aromatic carbocycles. The Balaban J connectivity index is 2.17. The fraction of sp³-hybridized carbons (Fsp3) is 0.267. The SMILES string of the molecule is Cc1nc(C)nc(C=Cc2ccc(N(C)C)cc2)n1. The van der Waals surface area contributed by atoms with Crippen LogP contribution in [0.5, 0.6) is 0 Å². The zero-order valence-corrected chi connectivity index (χ0v) is 11.8. The van der Waals surface area contributed by atoms with Crippen LogP contribution in [0.1, 0.15) is 23.0 Å². The summed E-state index contributed by atoms with van der Waals surface area (Å²) in [5.74, 6) is 2.19. The van der Waals surface area contributed by atoms with Crippen LogP contribution in [0.4, 0.5) is 5.69 Å². The van der Waals surface area contributed by atoms with Crippen molar-refractivity contribution in [2.75, 3.05) is 19.0 Å². The second kappa shape index (κ2) is 5.61. The van der Waals surface area contributed by atoms with Gasteiger partial charge in [-0.05, 0) is 37.6 Å². The van der Waals surface area contributed by atoms with Gasteiger partial charge in [0.2, 0.25) is 0 Å². The first-order valence-corrected chi connectivity index (χ1v) is 6.19. The molecule has 4 heteroatoms. The van der Waals surface area contributed by atoms with Gasteiger partial charge in [-0.2, -0.15) is 0 Å². The molecule has 0 fully saturated rings. The largest absolute Gasteiger partial charge is 0.378 e. The monoisotopic (exact) mass is 254 g/mol. The molecule has 0 saturated heterocycles. The minimum absolute atomic E-state index is 0.696. The van der Waals surface area contributed by atoms with Crippen LogP contribution in [0.2, 0.25) is 0 Å². The van der Waals surface area contributed by atoms with E-state index in [1.165, 1.54) is 5.69 Å². The Morgan fingerprint density at radius 1 is 0.842 bits per heavy atom. The Labute approximate surface area is 113 Å². The molecule has 0 amide bonds. The van der Waals surface area contributed by atoms with E-state index in [4.69, 9.17) is 0 Å². The molecule has 0 N–H and O–H groups in total. The van der Waals surface area contributed by atoms with Crippen molar-refractivity contribution in [2.45, 2.75) is 13.8 Å². The third kappa shape index (κ3) is 3.61. The maximum absolute atomic E-state index is 4.28. The molecule has 2 aromatic rings. The highest BCUT2D eigenvalue weighted by Crippen LogP contribution is 2.13. The molecule has 0 bridgehead atoms. The molecule has 0 atom stereocenters. The van der Waals surface area contributed by atoms with E-state index in [1.807, 2.05) is 40.1 Å². The highest BCUT2D eigenvalue weighted by molar-refractivity contribution is 5.67. The predicted octanol–water partition coefficient (Wildman–Crippen LogP) is 2.72. The molecule has 1 aromatic heterocycles. The van der Waals surface area contributed by atoms with Crippen LogP contribution in [0.15, 0.2) is 24.3 Å². The quantitative estimate of drug-likeness (QED) is 0.844. The van der Waals surface area contributed by atoms with E-state index >= 15 is 0 Å². The number of aryl methyl sites for hydroxylation is 2. The summed E-state index contributed by atoms with van der Waals surface area (Å²) in [4.78, 5) is 14.8. The summed E-state index contributed by atoms with van der Waals surface area (Å²) in [6, 6.07) is 8.33. The van der Waals surface area contributed by atoms with Crippen molar-refractivity contribution >= 4 is 17.8 Å². The van der Waals surface area contributed by atoms with Gasteiger partial charge < -0.3 is 4.90 Å². The summed E-state index contributed by atoms with van der Waals surface area (Å²) in [6.07, 6.45) is 3.92. The van der Waals surface area contributed by atoms with E-state index in [0.29, 0.717) is 5.82 Å². The van der Waals surface area contributed by atoms with Crippen molar-refractivity contribution in [3.05, 3.63) is 47.3 Å². The Morgan fingerprint density at radius 2 is 1.42 bits per heavy atom. The molecular formula is C15H18N4. The van der Waals surface area contributed by atoms with Crippen molar-refractivity contribution in [3.63, 3.8) is 0 Å². The van der Waals surface area contributed by atoms with Gasteiger partial charge in [-0.25, -0.2) is 15.0 Å². The topological polar surface area (TPSA) is 41.9 Å². The minimum atomic E-state index is 0.696. The predicted molar refractivity (Wildman–Crippen MR) is 79.0 cm³/mol. The average molecular weight is 254 g/mol. The van der Waals surface area contributed by atoms with E-state index in [2.05, 4.69) is 44.1 Å². The normalized spacial score (nSPS) is 10.9. The van der Waals surface area contributed by atoms with Gasteiger partial charge in [0.05, 0.1) is 0 Å². The Morgan fingerprint density at radius 3 is 1.95 bits per heavy atom. The molecule has 19 heavy (non-hydrogen) atoms. The Bertz CT molecular complexity index is 565. The number of hydrogen-bond donors (Lipinski definition) is 0. The smallest absolute Gasteiger partial charge is 0.156 e. The molecule has 0 spiro atoms. The zero-order chi connectivity index (χ0) is 13.8. The number of aromatic nitrogens is 3. The summed E-state index contributed by atoms with van der Waals surface area (Å²) >= 11 is 0. The van der Waals surface area contributed by atoms with Crippen LogP contribution >= 0.6 is 0 Å². The first-order valence-electron chi connectivity index (χ1n) is 6.19. The summed E-state index contributed by atoms with van der Waals surface area (Å²) < 4.78 is 0. The molecule has 0 radical (unpaired) electrons. The van der Waals surface area contributed by atoms with Gasteiger partial charge in [0.15, 0.2) is 5.82 Å². The summed E-state index contributed by atoms with van der Waals surface area (Å²) in [5.41, 5.74) is 2.31. The summed E-state index contributed by atoms with van der Waals surface area (Å²) in [6.45, 7) is 3.75. The van der Waals surface area contributed by atoms with Gasteiger partial charge in [-0.15, -0.1) is 0 Å². The highest BCUT2D eigenvalue weighted by atomic mass is 15.1. The standard InChI is InChI=1S/C15H18N4/c1-11-16-12(2)18-15(17-11)10-7-13-5-8-14(9-6-13)19(3)4/h5-10H,1-4H3. The zero-order valence-electron chi connectivity index (χ0n) is 11.8. The summed E-state index contributed by atoms with van der Waals surface area (Å²) in [7, 11) is 4.06. The molecule has 1 heterocycles. The molecule has 0 aliphatic heterocycles. The Kier molecular flexibility index (Phi) is 3.90. The summed E-state index contributed by atoms with van der Waals surface area (Å²) in [5, 5.41) is 0. The fourth-order valence-corrected chi connectivity index (χ4v) is 1.77. The fourth-order valence-electron chi connectivity index (χ4n) is 1.77. The van der Waals surface area contributed by atoms with Crippen LogP contribution in [-0.2, 0) is 0 Å². The average Bonchev–Trinajstić information content (AvgIpc) is 2.36. The second-order valence-corrected chi connectivity index (χ2v) is 4.61. The van der Waals surface area contributed by atoms with Gasteiger partial charge >= 0.3 is 0 Å². The highest BCUT2D eigenvalue weighted by Gasteiger charge is 1.97. The lowest BCUT2D eigenvalue weighted by molar-refractivity contribution is 0.908. The van der Waals surface area contributed by atoms with E-state index in [-0.39, 0.29) is 0 Å². The van der Waals surface area contributed by atoms with E-state index in [0.717, 1.165) is 17.2 Å². The second-order valence-electron chi connectivity index (χ2n) is 4.61. The molecule has 0 aliphatic rings. The van der Waals surface area contributed by atoms with Crippen LogP contribution in [-0.4, -0.2) is 29.0 Å². The minimum Gasteiger partial charge on any atom is -0.378 e. The van der Waals surface area contributed by atoms with E-state index in [1.54, 1.807) is 0 Å².